The first-order chi connectivity index (χ1) is 23.7. The largest absolute Gasteiger partial charge is 0.508 e. The van der Waals surface area contributed by atoms with Crippen molar-refractivity contribution in [3.05, 3.63) is 124 Å². The average molecular weight is 684 g/mol. The first-order valence-electron chi connectivity index (χ1n) is 16.0. The number of fused-ring (bicyclic) bond motifs is 1. The van der Waals surface area contributed by atoms with Gasteiger partial charge in [-0.25, -0.2) is 4.39 Å². The van der Waals surface area contributed by atoms with Gasteiger partial charge in [0, 0.05) is 42.1 Å². The van der Waals surface area contributed by atoms with E-state index in [1.807, 2.05) is 48.5 Å². The van der Waals surface area contributed by atoms with Crippen LogP contribution in [-0.4, -0.2) is 57.9 Å². The molecule has 1 saturated heterocycles. The minimum absolute atomic E-state index is 0.0226. The molecule has 1 unspecified atom stereocenters. The van der Waals surface area contributed by atoms with E-state index in [0.29, 0.717) is 36.8 Å². The van der Waals surface area contributed by atoms with Crippen molar-refractivity contribution in [2.24, 2.45) is 0 Å². The van der Waals surface area contributed by atoms with E-state index in [4.69, 9.17) is 16.3 Å². The summed E-state index contributed by atoms with van der Waals surface area (Å²) in [6, 6.07) is 24.0. The molecule has 4 N–H and O–H groups in total. The Kier molecular flexibility index (Phi) is 10.3. The number of nitrogens with one attached hydrogen (secondary N) is 2. The Labute approximate surface area is 288 Å². The maximum absolute atomic E-state index is 15.5. The van der Waals surface area contributed by atoms with Crippen LogP contribution in [0.15, 0.2) is 84.9 Å². The Morgan fingerprint density at radius 3 is 2.16 bits per heavy atom. The Balaban J connectivity index is 1.09. The number of aromatic hydroxyl groups is 2. The smallest absolute Gasteiger partial charge is 0.255 e. The topological polar surface area (TPSA) is 128 Å². The van der Waals surface area contributed by atoms with Gasteiger partial charge in [-0.05, 0) is 83.1 Å². The molecule has 0 spiro atoms. The molecule has 1 fully saturated rings. The molecule has 4 aromatic carbocycles. The molecule has 6 rings (SSSR count). The van der Waals surface area contributed by atoms with Crippen molar-refractivity contribution in [1.29, 1.82) is 0 Å². The van der Waals surface area contributed by atoms with Gasteiger partial charge in [0.25, 0.3) is 5.91 Å². The van der Waals surface area contributed by atoms with Crippen LogP contribution in [-0.2, 0) is 22.7 Å². The molecular weight excluding hydrogens is 649 g/mol. The van der Waals surface area contributed by atoms with Gasteiger partial charge in [0.15, 0.2) is 0 Å². The fourth-order valence-corrected chi connectivity index (χ4v) is 6.47. The van der Waals surface area contributed by atoms with E-state index >= 15 is 4.39 Å². The van der Waals surface area contributed by atoms with Gasteiger partial charge in [-0.1, -0.05) is 42.5 Å². The fourth-order valence-electron chi connectivity index (χ4n) is 6.29. The molecule has 0 bridgehead atoms. The van der Waals surface area contributed by atoms with Crippen molar-refractivity contribution in [1.82, 2.24) is 15.5 Å². The van der Waals surface area contributed by atoms with E-state index in [0.717, 1.165) is 27.8 Å². The van der Waals surface area contributed by atoms with Crippen LogP contribution >= 0.6 is 11.6 Å². The average Bonchev–Trinajstić information content (AvgIpc) is 3.43. The Morgan fingerprint density at radius 1 is 0.898 bits per heavy atom. The van der Waals surface area contributed by atoms with E-state index in [1.165, 1.54) is 4.90 Å². The predicted octanol–water partition coefficient (Wildman–Crippen LogP) is 5.75. The number of phenolic OH excluding ortho intramolecular Hbond substituents is 2. The van der Waals surface area contributed by atoms with Crippen molar-refractivity contribution < 1.29 is 33.7 Å². The molecule has 3 amide bonds. The van der Waals surface area contributed by atoms with Gasteiger partial charge in [0.1, 0.15) is 35.7 Å². The number of phenols is 2. The maximum Gasteiger partial charge on any atom is 0.255 e. The summed E-state index contributed by atoms with van der Waals surface area (Å²) in [5, 5.41) is 25.2. The summed E-state index contributed by atoms with van der Waals surface area (Å²) in [5.74, 6) is -0.435. The van der Waals surface area contributed by atoms with Gasteiger partial charge in [0.2, 0.25) is 11.8 Å². The first kappa shape index (κ1) is 33.7. The Hall–Kier alpha value is -5.19. The lowest BCUT2D eigenvalue weighted by molar-refractivity contribution is -0.136. The number of piperidine rings is 1. The number of hydrogen-bond donors (Lipinski definition) is 4. The number of nitrogens with zero attached hydrogens (tertiary/aromatic N) is 1. The second-order valence-electron chi connectivity index (χ2n) is 11.9. The van der Waals surface area contributed by atoms with Crippen LogP contribution in [0.4, 0.5) is 4.39 Å². The minimum Gasteiger partial charge on any atom is -0.508 e. The highest BCUT2D eigenvalue weighted by molar-refractivity contribution is 6.18. The number of amides is 3. The molecule has 49 heavy (non-hydrogen) atoms. The SMILES string of the molecule is O=C1CCC(N2Cc3c(ccc(CNCCOc4ccc(C(=C(CCCl)c5ccc(O)cc5)c5ccc(O)cc5)cc4)c3F)C2=O)C(=O)N1. The number of benzene rings is 4. The number of halogens is 2. The molecule has 0 aliphatic carbocycles. The lowest BCUT2D eigenvalue weighted by atomic mass is 9.88. The number of ether oxygens (including phenoxy) is 1. The summed E-state index contributed by atoms with van der Waals surface area (Å²) in [5.41, 5.74) is 5.57. The lowest BCUT2D eigenvalue weighted by Gasteiger charge is -2.29. The molecular formula is C38H35ClFN3O6. The van der Waals surface area contributed by atoms with E-state index in [2.05, 4.69) is 10.6 Å². The van der Waals surface area contributed by atoms with E-state index in [9.17, 15) is 24.6 Å². The second kappa shape index (κ2) is 14.9. The van der Waals surface area contributed by atoms with Crippen LogP contribution in [0.1, 0.15) is 57.4 Å². The third-order valence-electron chi connectivity index (χ3n) is 8.75. The third kappa shape index (κ3) is 7.45. The molecule has 0 aromatic heterocycles. The molecule has 0 saturated carbocycles. The van der Waals surface area contributed by atoms with Gasteiger partial charge in [0.05, 0.1) is 6.54 Å². The Bertz CT molecular complexity index is 1890. The molecule has 252 valence electrons. The van der Waals surface area contributed by atoms with Gasteiger partial charge in [-0.15, -0.1) is 11.6 Å². The summed E-state index contributed by atoms with van der Waals surface area (Å²) in [6.07, 6.45) is 0.925. The van der Waals surface area contributed by atoms with Crippen molar-refractivity contribution in [2.75, 3.05) is 19.0 Å². The highest BCUT2D eigenvalue weighted by Gasteiger charge is 2.40. The van der Waals surface area contributed by atoms with Crippen LogP contribution in [0.3, 0.4) is 0 Å². The van der Waals surface area contributed by atoms with Crippen LogP contribution in [0.5, 0.6) is 17.2 Å². The summed E-state index contributed by atoms with van der Waals surface area (Å²) in [4.78, 5) is 38.1. The van der Waals surface area contributed by atoms with Crippen LogP contribution in [0, 0.1) is 5.82 Å². The van der Waals surface area contributed by atoms with E-state index in [-0.39, 0.29) is 54.5 Å². The van der Waals surface area contributed by atoms with Gasteiger partial charge >= 0.3 is 0 Å². The number of hydrogen-bond acceptors (Lipinski definition) is 7. The zero-order valence-corrected chi connectivity index (χ0v) is 27.3. The van der Waals surface area contributed by atoms with Crippen molar-refractivity contribution in [2.45, 2.75) is 38.4 Å². The second-order valence-corrected chi connectivity index (χ2v) is 12.3. The number of imide groups is 1. The van der Waals surface area contributed by atoms with Crippen LogP contribution in [0.2, 0.25) is 0 Å². The molecule has 2 heterocycles. The predicted molar refractivity (Wildman–Crippen MR) is 184 cm³/mol. The van der Waals surface area contributed by atoms with E-state index in [1.54, 1.807) is 36.4 Å². The molecule has 4 aromatic rings. The summed E-state index contributed by atoms with van der Waals surface area (Å²) < 4.78 is 21.4. The first-order valence-corrected chi connectivity index (χ1v) is 16.5. The molecule has 2 aliphatic rings. The van der Waals surface area contributed by atoms with Crippen molar-refractivity contribution in [3.63, 3.8) is 0 Å². The van der Waals surface area contributed by atoms with Crippen LogP contribution in [0.25, 0.3) is 11.1 Å². The van der Waals surface area contributed by atoms with Gasteiger partial charge in [-0.2, -0.15) is 0 Å². The molecule has 0 radical (unpaired) electrons. The fraction of sp³-hybridized carbons (Fsp3) is 0.237. The molecule has 9 nitrogen and oxygen atoms in total. The quantitative estimate of drug-likeness (QED) is 0.0648. The summed E-state index contributed by atoms with van der Waals surface area (Å²) in [6.45, 7) is 0.943. The highest BCUT2D eigenvalue weighted by atomic mass is 35.5. The molecule has 2 aliphatic heterocycles. The summed E-state index contributed by atoms with van der Waals surface area (Å²) >= 11 is 6.24. The number of carbonyl (C=O) groups is 3. The zero-order chi connectivity index (χ0) is 34.5. The van der Waals surface area contributed by atoms with Crippen LogP contribution < -0.4 is 15.4 Å². The third-order valence-corrected chi connectivity index (χ3v) is 8.94. The van der Waals surface area contributed by atoms with Gasteiger partial charge < -0.3 is 25.2 Å². The minimum atomic E-state index is -0.799. The summed E-state index contributed by atoms with van der Waals surface area (Å²) in [7, 11) is 0. The highest BCUT2D eigenvalue weighted by Crippen LogP contribution is 2.36. The standard InChI is InChI=1S/C38H35ClFN3O6/c39-18-17-30(23-1-8-27(44)9-2-23)35(24-3-10-28(45)11-4-24)25-5-12-29(13-6-25)49-20-19-41-21-26-7-14-31-32(36(26)40)22-43(38(31)48)33-15-16-34(46)42-37(33)47/h1-14,33,41,44-45H,15-22H2,(H,42,46,47). The lowest BCUT2D eigenvalue weighted by Crippen LogP contribution is -2.52. The number of rotatable bonds is 12. The monoisotopic (exact) mass is 683 g/mol. The normalized spacial score (nSPS) is 16.3. The van der Waals surface area contributed by atoms with Gasteiger partial charge in [-0.3, -0.25) is 19.7 Å². The number of carbonyl (C=O) groups excluding carboxylic acids is 3. The van der Waals surface area contributed by atoms with E-state index < -0.39 is 23.7 Å². The zero-order valence-electron chi connectivity index (χ0n) is 26.5. The van der Waals surface area contributed by atoms with Crippen molar-refractivity contribution in [3.8, 4) is 17.2 Å². The molecule has 1 atom stereocenters. The molecule has 11 heteroatoms. The maximum atomic E-state index is 15.5. The number of alkyl halides is 1. The Morgan fingerprint density at radius 2 is 1.53 bits per heavy atom. The number of allylic oxidation sites excluding steroid dienone is 1. The van der Waals surface area contributed by atoms with Crippen molar-refractivity contribution >= 4 is 40.5 Å².